The second-order valence-electron chi connectivity index (χ2n) is 5.78. The third-order valence-corrected chi connectivity index (χ3v) is 2.80. The first-order valence-electron chi connectivity index (χ1n) is 6.30. The summed E-state index contributed by atoms with van der Waals surface area (Å²) in [4.78, 5) is 0. The molecule has 0 aromatic heterocycles. The van der Waals surface area contributed by atoms with Gasteiger partial charge in [-0.3, -0.25) is 0 Å². The first kappa shape index (κ1) is 14.2. The first-order valence-corrected chi connectivity index (χ1v) is 6.30. The van der Waals surface area contributed by atoms with Crippen molar-refractivity contribution in [3.05, 3.63) is 35.4 Å². The summed E-state index contributed by atoms with van der Waals surface area (Å²) in [6.45, 7) is 11.2. The van der Waals surface area contributed by atoms with Gasteiger partial charge < -0.3 is 10.5 Å². The highest BCUT2D eigenvalue weighted by Crippen LogP contribution is 2.25. The van der Waals surface area contributed by atoms with Crippen LogP contribution in [0, 0.1) is 0 Å². The Morgan fingerprint density at radius 1 is 1.12 bits per heavy atom. The summed E-state index contributed by atoms with van der Waals surface area (Å²) < 4.78 is 5.79. The Labute approximate surface area is 105 Å². The molecule has 2 nitrogen and oxygen atoms in total. The van der Waals surface area contributed by atoms with Gasteiger partial charge in [-0.2, -0.15) is 0 Å². The molecule has 1 rings (SSSR count). The monoisotopic (exact) mass is 235 g/mol. The van der Waals surface area contributed by atoms with E-state index in [0.29, 0.717) is 6.54 Å². The zero-order chi connectivity index (χ0) is 13.1. The fourth-order valence-corrected chi connectivity index (χ4v) is 1.80. The molecule has 0 aliphatic heterocycles. The topological polar surface area (TPSA) is 35.2 Å². The molecule has 0 radical (unpaired) electrons. The van der Waals surface area contributed by atoms with Gasteiger partial charge in [-0.05, 0) is 30.4 Å². The molecule has 96 valence electrons. The molecule has 0 saturated carbocycles. The van der Waals surface area contributed by atoms with Gasteiger partial charge in [0.1, 0.15) is 0 Å². The summed E-state index contributed by atoms with van der Waals surface area (Å²) in [6.07, 6.45) is 0.204. The summed E-state index contributed by atoms with van der Waals surface area (Å²) in [5, 5.41) is 0. The Hall–Kier alpha value is -0.860. The molecule has 1 aromatic rings. The van der Waals surface area contributed by atoms with E-state index in [-0.39, 0.29) is 17.6 Å². The zero-order valence-electron chi connectivity index (χ0n) is 11.7. The van der Waals surface area contributed by atoms with Crippen LogP contribution in [-0.4, -0.2) is 12.6 Å². The van der Waals surface area contributed by atoms with Crippen LogP contribution in [0.5, 0.6) is 0 Å². The van der Waals surface area contributed by atoms with Crippen molar-refractivity contribution in [2.24, 2.45) is 5.73 Å². The fourth-order valence-electron chi connectivity index (χ4n) is 1.80. The van der Waals surface area contributed by atoms with Crippen molar-refractivity contribution < 1.29 is 4.74 Å². The number of hydrogen-bond acceptors (Lipinski definition) is 2. The van der Waals surface area contributed by atoms with Gasteiger partial charge in [0, 0.05) is 6.54 Å². The molecule has 0 aliphatic rings. The SMILES string of the molecule is CC(C)OC(CN)c1ccc(C(C)(C)C)cc1. The van der Waals surface area contributed by atoms with Crippen molar-refractivity contribution in [3.63, 3.8) is 0 Å². The van der Waals surface area contributed by atoms with E-state index >= 15 is 0 Å². The zero-order valence-corrected chi connectivity index (χ0v) is 11.7. The Morgan fingerprint density at radius 3 is 2.00 bits per heavy atom. The van der Waals surface area contributed by atoms with Crippen molar-refractivity contribution in [1.29, 1.82) is 0 Å². The lowest BCUT2D eigenvalue weighted by molar-refractivity contribution is 0.0119. The van der Waals surface area contributed by atoms with Crippen LogP contribution >= 0.6 is 0 Å². The van der Waals surface area contributed by atoms with Crippen LogP contribution in [0.15, 0.2) is 24.3 Å². The maximum atomic E-state index is 5.79. The van der Waals surface area contributed by atoms with Crippen molar-refractivity contribution in [1.82, 2.24) is 0 Å². The second kappa shape index (κ2) is 5.65. The van der Waals surface area contributed by atoms with Gasteiger partial charge in [0.2, 0.25) is 0 Å². The van der Waals surface area contributed by atoms with Gasteiger partial charge in [0.15, 0.2) is 0 Å². The second-order valence-corrected chi connectivity index (χ2v) is 5.78. The number of rotatable bonds is 4. The summed E-state index contributed by atoms with van der Waals surface area (Å²) >= 11 is 0. The molecule has 0 bridgehead atoms. The third kappa shape index (κ3) is 4.14. The molecule has 2 heteroatoms. The minimum Gasteiger partial charge on any atom is -0.370 e. The van der Waals surface area contributed by atoms with Crippen molar-refractivity contribution in [2.45, 2.75) is 52.2 Å². The van der Waals surface area contributed by atoms with Crippen LogP contribution < -0.4 is 5.73 Å². The maximum absolute atomic E-state index is 5.79. The van der Waals surface area contributed by atoms with Gasteiger partial charge >= 0.3 is 0 Å². The van der Waals surface area contributed by atoms with Gasteiger partial charge in [-0.25, -0.2) is 0 Å². The maximum Gasteiger partial charge on any atom is 0.0950 e. The molecule has 0 fully saturated rings. The average molecular weight is 235 g/mol. The number of ether oxygens (including phenoxy) is 1. The lowest BCUT2D eigenvalue weighted by Gasteiger charge is -2.22. The van der Waals surface area contributed by atoms with Crippen LogP contribution in [0.25, 0.3) is 0 Å². The molecular weight excluding hydrogens is 210 g/mol. The predicted molar refractivity (Wildman–Crippen MR) is 73.2 cm³/mol. The number of benzene rings is 1. The van der Waals surface area contributed by atoms with E-state index in [0.717, 1.165) is 5.56 Å². The highest BCUT2D eigenvalue weighted by molar-refractivity contribution is 5.28. The molecule has 0 amide bonds. The van der Waals surface area contributed by atoms with Gasteiger partial charge in [-0.1, -0.05) is 45.0 Å². The van der Waals surface area contributed by atoms with Crippen LogP contribution in [-0.2, 0) is 10.2 Å². The molecule has 0 aliphatic carbocycles. The lowest BCUT2D eigenvalue weighted by atomic mass is 9.86. The summed E-state index contributed by atoms with van der Waals surface area (Å²) in [6, 6.07) is 8.59. The predicted octanol–water partition coefficient (Wildman–Crippen LogP) is 3.41. The van der Waals surface area contributed by atoms with Gasteiger partial charge in [0.05, 0.1) is 12.2 Å². The molecular formula is C15H25NO. The molecule has 1 unspecified atom stereocenters. The minimum atomic E-state index is 0.00372. The Kier molecular flexibility index (Phi) is 4.72. The first-order chi connectivity index (χ1) is 7.84. The minimum absolute atomic E-state index is 0.00372. The Morgan fingerprint density at radius 2 is 1.65 bits per heavy atom. The summed E-state index contributed by atoms with van der Waals surface area (Å²) in [5.41, 5.74) is 8.44. The van der Waals surface area contributed by atoms with Crippen LogP contribution in [0.1, 0.15) is 51.8 Å². The summed E-state index contributed by atoms with van der Waals surface area (Å²) in [7, 11) is 0. The van der Waals surface area contributed by atoms with Crippen LogP contribution in [0.2, 0.25) is 0 Å². The van der Waals surface area contributed by atoms with E-state index < -0.39 is 0 Å². The van der Waals surface area contributed by atoms with E-state index in [4.69, 9.17) is 10.5 Å². The standard InChI is InChI=1S/C15H25NO/c1-11(2)17-14(10-16)12-6-8-13(9-7-12)15(3,4)5/h6-9,11,14H,10,16H2,1-5H3. The highest BCUT2D eigenvalue weighted by atomic mass is 16.5. The third-order valence-electron chi connectivity index (χ3n) is 2.80. The van der Waals surface area contributed by atoms with Gasteiger partial charge in [-0.15, -0.1) is 0 Å². The lowest BCUT2D eigenvalue weighted by Crippen LogP contribution is -2.19. The molecule has 0 heterocycles. The van der Waals surface area contributed by atoms with Gasteiger partial charge in [0.25, 0.3) is 0 Å². The molecule has 2 N–H and O–H groups in total. The van der Waals surface area contributed by atoms with E-state index in [2.05, 4.69) is 45.0 Å². The molecule has 0 saturated heterocycles. The highest BCUT2D eigenvalue weighted by Gasteiger charge is 2.15. The average Bonchev–Trinajstić information content (AvgIpc) is 2.24. The molecule has 0 spiro atoms. The normalized spacial score (nSPS) is 14.1. The van der Waals surface area contributed by atoms with Crippen LogP contribution in [0.3, 0.4) is 0 Å². The quantitative estimate of drug-likeness (QED) is 0.868. The molecule has 1 aromatic carbocycles. The van der Waals surface area contributed by atoms with E-state index in [1.807, 2.05) is 13.8 Å². The van der Waals surface area contributed by atoms with Crippen molar-refractivity contribution in [3.8, 4) is 0 Å². The number of hydrogen-bond donors (Lipinski definition) is 1. The fraction of sp³-hybridized carbons (Fsp3) is 0.600. The van der Waals surface area contributed by atoms with Crippen molar-refractivity contribution >= 4 is 0 Å². The summed E-state index contributed by atoms with van der Waals surface area (Å²) in [5.74, 6) is 0. The Balaban J connectivity index is 2.85. The largest absolute Gasteiger partial charge is 0.370 e. The van der Waals surface area contributed by atoms with E-state index in [9.17, 15) is 0 Å². The Bertz CT molecular complexity index is 335. The van der Waals surface area contributed by atoms with E-state index in [1.54, 1.807) is 0 Å². The molecule has 1 atom stereocenters. The van der Waals surface area contributed by atoms with Crippen molar-refractivity contribution in [2.75, 3.05) is 6.54 Å². The van der Waals surface area contributed by atoms with E-state index in [1.165, 1.54) is 5.56 Å². The number of nitrogens with two attached hydrogens (primary N) is 1. The van der Waals surface area contributed by atoms with Crippen LogP contribution in [0.4, 0.5) is 0 Å². The smallest absolute Gasteiger partial charge is 0.0950 e. The molecule has 17 heavy (non-hydrogen) atoms.